The molecule has 0 saturated carbocycles. The number of hydrogen-bond donors (Lipinski definition) is 1. The van der Waals surface area contributed by atoms with Crippen LogP contribution < -0.4 is 14.8 Å². The maximum Gasteiger partial charge on any atom is 0.294 e. The third kappa shape index (κ3) is 6.42. The number of nitrogens with one attached hydrogen (secondary N) is 1. The van der Waals surface area contributed by atoms with E-state index in [1.165, 1.54) is 0 Å². The molecule has 1 aliphatic rings. The number of benzene rings is 2. The van der Waals surface area contributed by atoms with Crippen molar-refractivity contribution < 1.29 is 23.9 Å². The standard InChI is InChI=1S/C25H27BrN2O5S/c1-5-7-33-23-19(26)11-17(12-20(23)32-6-2)13-21-24(30)28(25(31)34-21)14-22(29)27-18-9-15(3)8-16(4)10-18/h8-13H,5-7,14H2,1-4H3,(H,27,29)/b21-13-. The van der Waals surface area contributed by atoms with E-state index in [0.29, 0.717) is 40.4 Å². The van der Waals surface area contributed by atoms with Gasteiger partial charge in [0.15, 0.2) is 11.5 Å². The summed E-state index contributed by atoms with van der Waals surface area (Å²) in [4.78, 5) is 39.1. The molecule has 0 spiro atoms. The molecular formula is C25H27BrN2O5S. The fourth-order valence-corrected chi connectivity index (χ4v) is 4.87. The van der Waals surface area contributed by atoms with E-state index in [-0.39, 0.29) is 11.4 Å². The first kappa shape index (κ1) is 25.8. The Bertz CT molecular complexity index is 1130. The molecule has 2 aromatic carbocycles. The lowest BCUT2D eigenvalue weighted by Crippen LogP contribution is -2.36. The molecule has 0 atom stereocenters. The normalized spacial score (nSPS) is 14.6. The molecule has 1 N–H and O–H groups in total. The highest BCUT2D eigenvalue weighted by atomic mass is 79.9. The van der Waals surface area contributed by atoms with E-state index >= 15 is 0 Å². The average Bonchev–Trinajstić information content (AvgIpc) is 3.00. The minimum absolute atomic E-state index is 0.237. The number of carbonyl (C=O) groups is 3. The highest BCUT2D eigenvalue weighted by molar-refractivity contribution is 9.10. The van der Waals surface area contributed by atoms with Gasteiger partial charge in [0, 0.05) is 5.69 Å². The molecule has 180 valence electrons. The van der Waals surface area contributed by atoms with Gasteiger partial charge in [0.25, 0.3) is 11.1 Å². The monoisotopic (exact) mass is 546 g/mol. The molecule has 34 heavy (non-hydrogen) atoms. The largest absolute Gasteiger partial charge is 0.490 e. The van der Waals surface area contributed by atoms with Crippen LogP contribution in [0.2, 0.25) is 0 Å². The third-order valence-electron chi connectivity index (χ3n) is 4.76. The van der Waals surface area contributed by atoms with Gasteiger partial charge >= 0.3 is 0 Å². The first-order valence-corrected chi connectivity index (χ1v) is 12.6. The summed E-state index contributed by atoms with van der Waals surface area (Å²) in [7, 11) is 0. The SMILES string of the molecule is CCCOc1c(Br)cc(/C=C2\SC(=O)N(CC(=O)Nc3cc(C)cc(C)c3)C2=O)cc1OCC. The van der Waals surface area contributed by atoms with Crippen molar-refractivity contribution in [3.8, 4) is 11.5 Å². The van der Waals surface area contributed by atoms with Crippen LogP contribution in [0.4, 0.5) is 10.5 Å². The lowest BCUT2D eigenvalue weighted by molar-refractivity contribution is -0.127. The summed E-state index contributed by atoms with van der Waals surface area (Å²) in [6.45, 7) is 8.39. The summed E-state index contributed by atoms with van der Waals surface area (Å²) in [5, 5.41) is 2.27. The molecule has 2 aromatic rings. The molecule has 0 unspecified atom stereocenters. The van der Waals surface area contributed by atoms with Crippen LogP contribution in [0, 0.1) is 13.8 Å². The molecule has 3 rings (SSSR count). The van der Waals surface area contributed by atoms with Crippen LogP contribution in [-0.4, -0.2) is 41.7 Å². The number of anilines is 1. The minimum atomic E-state index is -0.508. The Labute approximate surface area is 212 Å². The highest BCUT2D eigenvalue weighted by Crippen LogP contribution is 2.39. The second-order valence-electron chi connectivity index (χ2n) is 7.80. The van der Waals surface area contributed by atoms with Crippen molar-refractivity contribution >= 4 is 56.5 Å². The summed E-state index contributed by atoms with van der Waals surface area (Å²) in [5.41, 5.74) is 3.31. The topological polar surface area (TPSA) is 84.9 Å². The number of ether oxygens (including phenoxy) is 2. The number of carbonyl (C=O) groups excluding carboxylic acids is 3. The Morgan fingerprint density at radius 2 is 1.79 bits per heavy atom. The number of aryl methyl sites for hydroxylation is 2. The summed E-state index contributed by atoms with van der Waals surface area (Å²) >= 11 is 4.31. The minimum Gasteiger partial charge on any atom is -0.490 e. The number of halogens is 1. The third-order valence-corrected chi connectivity index (χ3v) is 6.26. The smallest absolute Gasteiger partial charge is 0.294 e. The molecular weight excluding hydrogens is 520 g/mol. The van der Waals surface area contributed by atoms with Gasteiger partial charge in [-0.1, -0.05) is 13.0 Å². The van der Waals surface area contributed by atoms with E-state index in [2.05, 4.69) is 21.2 Å². The van der Waals surface area contributed by atoms with Crippen LogP contribution >= 0.6 is 27.7 Å². The molecule has 1 aliphatic heterocycles. The van der Waals surface area contributed by atoms with E-state index in [0.717, 1.165) is 34.2 Å². The van der Waals surface area contributed by atoms with Crippen LogP contribution in [0.3, 0.4) is 0 Å². The van der Waals surface area contributed by atoms with Crippen molar-refractivity contribution in [3.63, 3.8) is 0 Å². The predicted octanol–water partition coefficient (Wildman–Crippen LogP) is 5.93. The van der Waals surface area contributed by atoms with E-state index < -0.39 is 17.1 Å². The number of rotatable bonds is 9. The van der Waals surface area contributed by atoms with Crippen LogP contribution in [0.1, 0.15) is 37.0 Å². The molecule has 1 fully saturated rings. The molecule has 0 aliphatic carbocycles. The fourth-order valence-electron chi connectivity index (χ4n) is 3.46. The van der Waals surface area contributed by atoms with Gasteiger partial charge in [-0.15, -0.1) is 0 Å². The van der Waals surface area contributed by atoms with Gasteiger partial charge in [-0.25, -0.2) is 0 Å². The number of nitrogens with zero attached hydrogens (tertiary/aromatic N) is 1. The van der Waals surface area contributed by atoms with Gasteiger partial charge in [0.2, 0.25) is 5.91 Å². The van der Waals surface area contributed by atoms with Gasteiger partial charge in [-0.2, -0.15) is 0 Å². The molecule has 3 amide bonds. The fraction of sp³-hybridized carbons (Fsp3) is 0.320. The van der Waals surface area contributed by atoms with Gasteiger partial charge in [0.1, 0.15) is 6.54 Å². The Balaban J connectivity index is 1.76. The summed E-state index contributed by atoms with van der Waals surface area (Å²) in [6, 6.07) is 9.23. The van der Waals surface area contributed by atoms with Crippen molar-refractivity contribution in [1.29, 1.82) is 0 Å². The molecule has 9 heteroatoms. The van der Waals surface area contributed by atoms with Gasteiger partial charge < -0.3 is 14.8 Å². The average molecular weight is 547 g/mol. The van der Waals surface area contributed by atoms with Crippen LogP contribution in [-0.2, 0) is 9.59 Å². The van der Waals surface area contributed by atoms with Crippen molar-refractivity contribution in [3.05, 3.63) is 56.4 Å². The zero-order chi connectivity index (χ0) is 24.8. The van der Waals surface area contributed by atoms with Gasteiger partial charge in [0.05, 0.1) is 22.6 Å². The zero-order valence-electron chi connectivity index (χ0n) is 19.6. The molecule has 0 bridgehead atoms. The summed E-state index contributed by atoms with van der Waals surface area (Å²) in [6.07, 6.45) is 2.47. The number of imide groups is 1. The summed E-state index contributed by atoms with van der Waals surface area (Å²) in [5.74, 6) is 0.193. The first-order chi connectivity index (χ1) is 16.2. The van der Waals surface area contributed by atoms with Crippen molar-refractivity contribution in [2.45, 2.75) is 34.1 Å². The van der Waals surface area contributed by atoms with Crippen molar-refractivity contribution in [1.82, 2.24) is 4.90 Å². The van der Waals surface area contributed by atoms with Crippen LogP contribution in [0.25, 0.3) is 6.08 Å². The van der Waals surface area contributed by atoms with Crippen molar-refractivity contribution in [2.75, 3.05) is 25.1 Å². The van der Waals surface area contributed by atoms with Crippen molar-refractivity contribution in [2.24, 2.45) is 0 Å². The molecule has 7 nitrogen and oxygen atoms in total. The van der Waals surface area contributed by atoms with Crippen LogP contribution in [0.15, 0.2) is 39.7 Å². The van der Waals surface area contributed by atoms with E-state index in [4.69, 9.17) is 9.47 Å². The predicted molar refractivity (Wildman–Crippen MR) is 138 cm³/mol. The maximum absolute atomic E-state index is 12.9. The first-order valence-electron chi connectivity index (χ1n) is 10.9. The molecule has 1 heterocycles. The lowest BCUT2D eigenvalue weighted by Gasteiger charge is -2.14. The quantitative estimate of drug-likeness (QED) is 0.392. The highest BCUT2D eigenvalue weighted by Gasteiger charge is 2.36. The Kier molecular flexibility index (Phi) is 8.79. The molecule has 0 aromatic heterocycles. The van der Waals surface area contributed by atoms with Crippen LogP contribution in [0.5, 0.6) is 11.5 Å². The van der Waals surface area contributed by atoms with E-state index in [1.54, 1.807) is 18.2 Å². The Morgan fingerprint density at radius 3 is 2.44 bits per heavy atom. The lowest BCUT2D eigenvalue weighted by atomic mass is 10.1. The maximum atomic E-state index is 12.9. The summed E-state index contributed by atoms with van der Waals surface area (Å²) < 4.78 is 12.2. The second kappa shape index (κ2) is 11.6. The van der Waals surface area contributed by atoms with Gasteiger partial charge in [-0.05, 0) is 102 Å². The van der Waals surface area contributed by atoms with E-state index in [1.807, 2.05) is 45.9 Å². The van der Waals surface area contributed by atoms with Gasteiger partial charge in [-0.3, -0.25) is 19.3 Å². The number of hydrogen-bond acceptors (Lipinski definition) is 6. The molecule has 0 radical (unpaired) electrons. The van der Waals surface area contributed by atoms with E-state index in [9.17, 15) is 14.4 Å². The number of thioether (sulfide) groups is 1. The molecule has 1 saturated heterocycles. The Hall–Kier alpha value is -2.78. The Morgan fingerprint density at radius 1 is 1.09 bits per heavy atom. The second-order valence-corrected chi connectivity index (χ2v) is 9.65. The number of amides is 3. The zero-order valence-corrected chi connectivity index (χ0v) is 22.0.